The molecule has 0 unspecified atom stereocenters. The van der Waals surface area contributed by atoms with Crippen molar-refractivity contribution in [2.75, 3.05) is 38.0 Å². The molecular weight excluding hydrogens is 597 g/mol. The van der Waals surface area contributed by atoms with Gasteiger partial charge in [-0.05, 0) is 80.3 Å². The number of aromatic nitrogens is 1. The summed E-state index contributed by atoms with van der Waals surface area (Å²) in [6.45, 7) is 3.25. The molecule has 0 saturated heterocycles. The van der Waals surface area contributed by atoms with Crippen LogP contribution >= 0.6 is 0 Å². The van der Waals surface area contributed by atoms with Gasteiger partial charge >= 0.3 is 7.25 Å². The van der Waals surface area contributed by atoms with E-state index in [-0.39, 0.29) is 0 Å². The largest absolute Gasteiger partial charge is 0.673 e. The van der Waals surface area contributed by atoms with Gasteiger partial charge in [0.2, 0.25) is 5.69 Å². The predicted octanol–water partition coefficient (Wildman–Crippen LogP) is 10.6. The number of hydrogen-bond donors (Lipinski definition) is 0. The zero-order chi connectivity index (χ0) is 33.5. The maximum absolute atomic E-state index is 9.75. The van der Waals surface area contributed by atoms with Gasteiger partial charge in [-0.1, -0.05) is 67.9 Å². The van der Waals surface area contributed by atoms with Crippen molar-refractivity contribution < 1.29 is 21.8 Å². The SMILES string of the molecule is CCCC[n+]1cc2c(cc3ccc4cccc5ccc2c3c45)c(-c2ccc(N(C)C)cc2)c1-c1ccc(N(C)C)cc1.F[B-](F)(F)F. The Morgan fingerprint density at radius 2 is 1.13 bits per heavy atom. The topological polar surface area (TPSA) is 10.4 Å². The average molecular weight is 636 g/mol. The lowest BCUT2D eigenvalue weighted by Crippen LogP contribution is -2.36. The van der Waals surface area contributed by atoms with Crippen molar-refractivity contribution in [2.45, 2.75) is 26.3 Å². The fourth-order valence-corrected chi connectivity index (χ4v) is 6.62. The molecule has 6 aromatic carbocycles. The number of rotatable bonds is 7. The van der Waals surface area contributed by atoms with Crippen molar-refractivity contribution in [3.63, 3.8) is 0 Å². The second kappa shape index (κ2) is 12.7. The van der Waals surface area contributed by atoms with Gasteiger partial charge in [-0.25, -0.2) is 0 Å². The van der Waals surface area contributed by atoms with Crippen LogP contribution in [-0.4, -0.2) is 35.4 Å². The first-order valence-electron chi connectivity index (χ1n) is 15.9. The average Bonchev–Trinajstić information content (AvgIpc) is 3.04. The van der Waals surface area contributed by atoms with Gasteiger partial charge in [0.05, 0.1) is 10.9 Å². The van der Waals surface area contributed by atoms with Gasteiger partial charge in [0.25, 0.3) is 0 Å². The van der Waals surface area contributed by atoms with Crippen molar-refractivity contribution in [1.29, 1.82) is 0 Å². The molecule has 0 fully saturated rings. The summed E-state index contributed by atoms with van der Waals surface area (Å²) in [7, 11) is 2.41. The first-order chi connectivity index (χ1) is 22.4. The maximum atomic E-state index is 9.75. The molecule has 1 heterocycles. The molecule has 0 aliphatic carbocycles. The summed E-state index contributed by atoms with van der Waals surface area (Å²) >= 11 is 0. The third kappa shape index (κ3) is 6.42. The number of hydrogen-bond acceptors (Lipinski definition) is 2. The summed E-state index contributed by atoms with van der Waals surface area (Å²) in [5.74, 6) is 0. The first kappa shape index (κ1) is 32.1. The lowest BCUT2D eigenvalue weighted by Gasteiger charge is -2.19. The molecule has 7 aromatic rings. The minimum atomic E-state index is -6.00. The smallest absolute Gasteiger partial charge is 0.418 e. The van der Waals surface area contributed by atoms with E-state index in [1.54, 1.807) is 0 Å². The number of unbranched alkanes of at least 4 members (excludes halogenated alkanes) is 1. The van der Waals surface area contributed by atoms with Crippen LogP contribution < -0.4 is 14.4 Å². The fraction of sp³-hybridized carbons (Fsp3) is 0.205. The highest BCUT2D eigenvalue weighted by molar-refractivity contribution is 6.50. The molecule has 0 aliphatic rings. The second-order valence-corrected chi connectivity index (χ2v) is 12.5. The van der Waals surface area contributed by atoms with Crippen molar-refractivity contribution in [3.8, 4) is 22.4 Å². The Kier molecular flexibility index (Phi) is 8.71. The lowest BCUT2D eigenvalue weighted by molar-refractivity contribution is -0.684. The Labute approximate surface area is 273 Å². The first-order valence-corrected chi connectivity index (χ1v) is 15.9. The van der Waals surface area contributed by atoms with E-state index >= 15 is 0 Å². The van der Waals surface area contributed by atoms with Crippen molar-refractivity contribution in [1.82, 2.24) is 0 Å². The Hall–Kier alpha value is -4.85. The minimum absolute atomic E-state index is 0.974. The van der Waals surface area contributed by atoms with E-state index in [9.17, 15) is 17.3 Å². The quantitative estimate of drug-likeness (QED) is 0.0567. The van der Waals surface area contributed by atoms with E-state index in [2.05, 4.69) is 153 Å². The molecule has 0 amide bonds. The minimum Gasteiger partial charge on any atom is -0.418 e. The van der Waals surface area contributed by atoms with Crippen LogP contribution in [0.5, 0.6) is 0 Å². The van der Waals surface area contributed by atoms with Crippen LogP contribution in [0.2, 0.25) is 0 Å². The molecule has 1 aromatic heterocycles. The van der Waals surface area contributed by atoms with Gasteiger partial charge in [-0.3, -0.25) is 0 Å². The van der Waals surface area contributed by atoms with Crippen LogP contribution in [0.4, 0.5) is 28.6 Å². The van der Waals surface area contributed by atoms with Gasteiger partial charge in [0.1, 0.15) is 6.54 Å². The summed E-state index contributed by atoms with van der Waals surface area (Å²) in [6, 6.07) is 36.5. The highest BCUT2D eigenvalue weighted by Gasteiger charge is 2.26. The maximum Gasteiger partial charge on any atom is 0.673 e. The molecule has 47 heavy (non-hydrogen) atoms. The van der Waals surface area contributed by atoms with Gasteiger partial charge in [-0.2, -0.15) is 4.57 Å². The van der Waals surface area contributed by atoms with Crippen molar-refractivity contribution >= 4 is 61.7 Å². The molecule has 0 saturated carbocycles. The van der Waals surface area contributed by atoms with Crippen LogP contribution in [0.3, 0.4) is 0 Å². The number of fused-ring (bicyclic) bond motifs is 2. The monoisotopic (exact) mass is 635 g/mol. The van der Waals surface area contributed by atoms with E-state index < -0.39 is 7.25 Å². The summed E-state index contributed by atoms with van der Waals surface area (Å²) in [4.78, 5) is 4.33. The summed E-state index contributed by atoms with van der Waals surface area (Å²) in [5.41, 5.74) is 7.49. The highest BCUT2D eigenvalue weighted by Crippen LogP contribution is 2.43. The van der Waals surface area contributed by atoms with Crippen LogP contribution in [-0.2, 0) is 6.54 Å². The Balaban J connectivity index is 0.000000720. The number of pyridine rings is 1. The Morgan fingerprint density at radius 1 is 0.596 bits per heavy atom. The van der Waals surface area contributed by atoms with Gasteiger partial charge in [0, 0.05) is 56.9 Å². The number of anilines is 2. The van der Waals surface area contributed by atoms with Crippen molar-refractivity contribution in [2.24, 2.45) is 0 Å². The van der Waals surface area contributed by atoms with E-state index in [4.69, 9.17) is 0 Å². The van der Waals surface area contributed by atoms with Crippen LogP contribution in [0, 0.1) is 0 Å². The molecule has 0 aliphatic heterocycles. The number of aryl methyl sites for hydroxylation is 1. The molecule has 3 nitrogen and oxygen atoms in total. The van der Waals surface area contributed by atoms with Crippen molar-refractivity contribution in [3.05, 3.63) is 103 Å². The molecule has 0 radical (unpaired) electrons. The van der Waals surface area contributed by atoms with Crippen LogP contribution in [0.15, 0.2) is 103 Å². The Bertz CT molecular complexity index is 2150. The highest BCUT2D eigenvalue weighted by atomic mass is 19.5. The van der Waals surface area contributed by atoms with E-state index in [1.807, 2.05) is 0 Å². The standard InChI is InChI=1S/C39H38N3.BF4/c1-6-7-23-42-25-35-33-22-17-27-10-8-9-26-11-12-30(37(33)36(26)27)24-34(35)38(28-13-18-31(19-14-28)40(2)3)39(42)29-15-20-32(21-16-29)41(4)5;2-1(3,4)5/h8-22,24-25H,6-7,23H2,1-5H3;/q+1;-1. The molecule has 7 rings (SSSR count). The number of nitrogens with zero attached hydrogens (tertiary/aromatic N) is 3. The van der Waals surface area contributed by atoms with Gasteiger partial charge in [0.15, 0.2) is 6.20 Å². The summed E-state index contributed by atoms with van der Waals surface area (Å²) in [5, 5.41) is 10.6. The predicted molar refractivity (Wildman–Crippen MR) is 192 cm³/mol. The molecule has 0 bridgehead atoms. The van der Waals surface area contributed by atoms with E-state index in [0.29, 0.717) is 0 Å². The fourth-order valence-electron chi connectivity index (χ4n) is 6.62. The van der Waals surface area contributed by atoms with E-state index in [0.717, 1.165) is 19.4 Å². The summed E-state index contributed by atoms with van der Waals surface area (Å²) in [6.07, 6.45) is 4.71. The van der Waals surface area contributed by atoms with E-state index in [1.165, 1.54) is 76.8 Å². The molecular formula is C39H38BF4N3. The second-order valence-electron chi connectivity index (χ2n) is 12.5. The number of halogens is 4. The molecule has 0 atom stereocenters. The third-order valence-corrected chi connectivity index (χ3v) is 8.85. The Morgan fingerprint density at radius 3 is 1.68 bits per heavy atom. The third-order valence-electron chi connectivity index (χ3n) is 8.85. The number of benzene rings is 6. The summed E-state index contributed by atoms with van der Waals surface area (Å²) < 4.78 is 41.5. The molecule has 0 N–H and O–H groups in total. The normalized spacial score (nSPS) is 11.8. The van der Waals surface area contributed by atoms with Gasteiger partial charge < -0.3 is 27.1 Å². The van der Waals surface area contributed by atoms with Crippen LogP contribution in [0.1, 0.15) is 19.8 Å². The lowest BCUT2D eigenvalue weighted by atomic mass is 9.87. The zero-order valence-corrected chi connectivity index (χ0v) is 27.4. The molecule has 8 heteroatoms. The van der Waals surface area contributed by atoms with Crippen LogP contribution in [0.25, 0.3) is 65.5 Å². The molecule has 240 valence electrons. The molecule has 0 spiro atoms. The zero-order valence-electron chi connectivity index (χ0n) is 27.4. The van der Waals surface area contributed by atoms with Gasteiger partial charge in [-0.15, -0.1) is 0 Å².